The van der Waals surface area contributed by atoms with Crippen LogP contribution in [0.2, 0.25) is 0 Å². The first-order valence-electron chi connectivity index (χ1n) is 4.52. The molecule has 5 heteroatoms. The van der Waals surface area contributed by atoms with E-state index in [1.54, 1.807) is 6.92 Å². The molecule has 1 N–H and O–H groups in total. The SMILES string of the molecule is COC(=O)C[C@@H](C)N[S@](=O)C(C)(C)C. The third kappa shape index (κ3) is 5.34. The molecule has 0 aromatic carbocycles. The highest BCUT2D eigenvalue weighted by Crippen LogP contribution is 2.09. The molecule has 0 unspecified atom stereocenters. The van der Waals surface area contributed by atoms with Gasteiger partial charge in [0, 0.05) is 6.04 Å². The van der Waals surface area contributed by atoms with E-state index in [-0.39, 0.29) is 23.2 Å². The van der Waals surface area contributed by atoms with Crippen LogP contribution in [-0.2, 0) is 20.5 Å². The fraction of sp³-hybridized carbons (Fsp3) is 0.889. The fourth-order valence-electron chi connectivity index (χ4n) is 0.735. The van der Waals surface area contributed by atoms with Crippen LogP contribution >= 0.6 is 0 Å². The summed E-state index contributed by atoms with van der Waals surface area (Å²) < 4.78 is 18.6. The molecule has 0 saturated heterocycles. The molecule has 0 saturated carbocycles. The summed E-state index contributed by atoms with van der Waals surface area (Å²) in [6.07, 6.45) is 0.234. The van der Waals surface area contributed by atoms with E-state index in [4.69, 9.17) is 0 Å². The number of hydrogen-bond donors (Lipinski definition) is 1. The molecule has 0 aliphatic rings. The maximum absolute atomic E-state index is 11.6. The van der Waals surface area contributed by atoms with Gasteiger partial charge in [-0.05, 0) is 27.7 Å². The maximum atomic E-state index is 11.6. The maximum Gasteiger partial charge on any atom is 0.307 e. The Morgan fingerprint density at radius 1 is 1.50 bits per heavy atom. The zero-order chi connectivity index (χ0) is 11.4. The second-order valence-corrected chi connectivity index (χ2v) is 6.18. The highest BCUT2D eigenvalue weighted by atomic mass is 32.2. The summed E-state index contributed by atoms with van der Waals surface area (Å²) in [6.45, 7) is 7.43. The lowest BCUT2D eigenvalue weighted by Gasteiger charge is -2.21. The molecule has 4 nitrogen and oxygen atoms in total. The molecule has 0 heterocycles. The van der Waals surface area contributed by atoms with Crippen LogP contribution in [0.3, 0.4) is 0 Å². The van der Waals surface area contributed by atoms with Gasteiger partial charge in [0.15, 0.2) is 0 Å². The summed E-state index contributed by atoms with van der Waals surface area (Å²) in [5.41, 5.74) is 0. The van der Waals surface area contributed by atoms with Crippen LogP contribution in [-0.4, -0.2) is 28.1 Å². The second kappa shape index (κ2) is 5.46. The molecule has 0 bridgehead atoms. The van der Waals surface area contributed by atoms with Crippen LogP contribution in [0.15, 0.2) is 0 Å². The predicted octanol–water partition coefficient (Wildman–Crippen LogP) is 0.990. The van der Waals surface area contributed by atoms with E-state index >= 15 is 0 Å². The highest BCUT2D eigenvalue weighted by Gasteiger charge is 2.22. The Bertz CT molecular complexity index is 223. The van der Waals surface area contributed by atoms with Gasteiger partial charge in [0.25, 0.3) is 0 Å². The Labute approximate surface area is 88.0 Å². The predicted molar refractivity (Wildman–Crippen MR) is 57.1 cm³/mol. The summed E-state index contributed by atoms with van der Waals surface area (Å²) in [5, 5.41) is 0. The number of esters is 1. The third-order valence-electron chi connectivity index (χ3n) is 1.56. The first-order valence-corrected chi connectivity index (χ1v) is 5.67. The van der Waals surface area contributed by atoms with E-state index in [0.29, 0.717) is 0 Å². The molecule has 0 rings (SSSR count). The van der Waals surface area contributed by atoms with Crippen LogP contribution in [0.1, 0.15) is 34.1 Å². The lowest BCUT2D eigenvalue weighted by molar-refractivity contribution is -0.140. The van der Waals surface area contributed by atoms with E-state index in [1.807, 2.05) is 20.8 Å². The summed E-state index contributed by atoms with van der Waals surface area (Å²) in [4.78, 5) is 10.9. The third-order valence-corrected chi connectivity index (χ3v) is 3.29. The first kappa shape index (κ1) is 13.6. The topological polar surface area (TPSA) is 55.4 Å². The largest absolute Gasteiger partial charge is 0.469 e. The van der Waals surface area contributed by atoms with E-state index in [1.165, 1.54) is 7.11 Å². The van der Waals surface area contributed by atoms with Gasteiger partial charge in [-0.25, -0.2) is 8.93 Å². The van der Waals surface area contributed by atoms with Crippen LogP contribution in [0, 0.1) is 0 Å². The zero-order valence-corrected chi connectivity index (χ0v) is 10.2. The van der Waals surface area contributed by atoms with Crippen LogP contribution in [0.5, 0.6) is 0 Å². The van der Waals surface area contributed by atoms with Crippen molar-refractivity contribution in [1.29, 1.82) is 0 Å². The number of hydrogen-bond acceptors (Lipinski definition) is 3. The molecule has 0 fully saturated rings. The molecule has 14 heavy (non-hydrogen) atoms. The summed E-state index contributed by atoms with van der Waals surface area (Å²) in [6, 6.07) is -0.137. The van der Waals surface area contributed by atoms with Crippen LogP contribution in [0.4, 0.5) is 0 Å². The van der Waals surface area contributed by atoms with Gasteiger partial charge in [0.1, 0.15) is 0 Å². The van der Waals surface area contributed by atoms with Crippen molar-refractivity contribution >= 4 is 17.0 Å². The Balaban J connectivity index is 4.01. The normalized spacial score (nSPS) is 16.1. The van der Waals surface area contributed by atoms with E-state index < -0.39 is 11.0 Å². The molecular formula is C9H19NO3S. The minimum atomic E-state index is -1.14. The van der Waals surface area contributed by atoms with Gasteiger partial charge in [-0.2, -0.15) is 0 Å². The van der Waals surface area contributed by atoms with Gasteiger partial charge < -0.3 is 4.74 Å². The monoisotopic (exact) mass is 221 g/mol. The van der Waals surface area contributed by atoms with Crippen molar-refractivity contribution in [1.82, 2.24) is 4.72 Å². The number of carbonyl (C=O) groups excluding carboxylic acids is 1. The van der Waals surface area contributed by atoms with Gasteiger partial charge in [-0.1, -0.05) is 0 Å². The smallest absolute Gasteiger partial charge is 0.307 e. The summed E-state index contributed by atoms with van der Waals surface area (Å²) in [7, 11) is 0.199. The van der Waals surface area contributed by atoms with Crippen molar-refractivity contribution in [3.63, 3.8) is 0 Å². The molecule has 0 aromatic rings. The van der Waals surface area contributed by atoms with E-state index in [2.05, 4.69) is 9.46 Å². The minimum Gasteiger partial charge on any atom is -0.469 e. The number of carbonyl (C=O) groups is 1. The van der Waals surface area contributed by atoms with Crippen LogP contribution < -0.4 is 4.72 Å². The fourth-order valence-corrected chi connectivity index (χ4v) is 1.54. The lowest BCUT2D eigenvalue weighted by Crippen LogP contribution is -2.39. The molecule has 2 atom stereocenters. The van der Waals surface area contributed by atoms with Crippen molar-refractivity contribution < 1.29 is 13.7 Å². The standard InChI is InChI=1S/C9H19NO3S/c1-7(6-8(11)13-5)10-14(12)9(2,3)4/h7,10H,6H2,1-5H3/t7-,14-/m1/s1. The van der Waals surface area contributed by atoms with Gasteiger partial charge >= 0.3 is 5.97 Å². The second-order valence-electron chi connectivity index (χ2n) is 4.18. The van der Waals surface area contributed by atoms with E-state index in [9.17, 15) is 9.00 Å². The van der Waals surface area contributed by atoms with Crippen molar-refractivity contribution in [2.45, 2.75) is 44.9 Å². The zero-order valence-electron chi connectivity index (χ0n) is 9.42. The Morgan fingerprint density at radius 3 is 2.36 bits per heavy atom. The molecule has 84 valence electrons. The van der Waals surface area contributed by atoms with Crippen molar-refractivity contribution in [3.8, 4) is 0 Å². The minimum absolute atomic E-state index is 0.137. The highest BCUT2D eigenvalue weighted by molar-refractivity contribution is 7.84. The molecule has 0 spiro atoms. The number of ether oxygens (including phenoxy) is 1. The molecule has 0 aromatic heterocycles. The van der Waals surface area contributed by atoms with Crippen LogP contribution in [0.25, 0.3) is 0 Å². The van der Waals surface area contributed by atoms with Crippen molar-refractivity contribution in [2.24, 2.45) is 0 Å². The molecular weight excluding hydrogens is 202 g/mol. The van der Waals surface area contributed by atoms with Gasteiger partial charge in [-0.15, -0.1) is 0 Å². The summed E-state index contributed by atoms with van der Waals surface area (Å²) in [5.74, 6) is -0.295. The lowest BCUT2D eigenvalue weighted by atomic mass is 10.2. The van der Waals surface area contributed by atoms with Crippen molar-refractivity contribution in [2.75, 3.05) is 7.11 Å². The number of rotatable bonds is 4. The average Bonchev–Trinajstić information content (AvgIpc) is 2.02. The van der Waals surface area contributed by atoms with Gasteiger partial charge in [0.2, 0.25) is 0 Å². The first-order chi connectivity index (χ1) is 6.27. The number of nitrogens with one attached hydrogen (secondary N) is 1. The van der Waals surface area contributed by atoms with E-state index in [0.717, 1.165) is 0 Å². The Kier molecular flexibility index (Phi) is 5.29. The quantitative estimate of drug-likeness (QED) is 0.720. The van der Waals surface area contributed by atoms with Gasteiger partial charge in [-0.3, -0.25) is 4.79 Å². The molecule has 0 aliphatic heterocycles. The summed E-state index contributed by atoms with van der Waals surface area (Å²) >= 11 is 0. The average molecular weight is 221 g/mol. The Hall–Kier alpha value is -0.420. The van der Waals surface area contributed by atoms with Crippen molar-refractivity contribution in [3.05, 3.63) is 0 Å². The molecule has 0 aliphatic carbocycles. The molecule has 0 radical (unpaired) electrons. The number of methoxy groups -OCH3 is 1. The molecule has 0 amide bonds. The van der Waals surface area contributed by atoms with Gasteiger partial charge in [0.05, 0.1) is 29.3 Å². The Morgan fingerprint density at radius 2 is 2.00 bits per heavy atom.